The van der Waals surface area contributed by atoms with Crippen LogP contribution in [-0.4, -0.2) is 47.4 Å². The van der Waals surface area contributed by atoms with E-state index in [9.17, 15) is 19.8 Å². The number of hydrogen-bond acceptors (Lipinski definition) is 5. The summed E-state index contributed by atoms with van der Waals surface area (Å²) in [7, 11) is 0. The highest BCUT2D eigenvalue weighted by Crippen LogP contribution is 2.17. The molecule has 0 saturated heterocycles. The summed E-state index contributed by atoms with van der Waals surface area (Å²) in [5.41, 5.74) is 0. The third-order valence-electron chi connectivity index (χ3n) is 15.4. The van der Waals surface area contributed by atoms with E-state index in [1.54, 1.807) is 6.08 Å². The summed E-state index contributed by atoms with van der Waals surface area (Å²) in [4.78, 5) is 24.5. The molecule has 6 nitrogen and oxygen atoms in total. The molecule has 0 spiro atoms. The van der Waals surface area contributed by atoms with Crippen LogP contribution in [0.1, 0.15) is 361 Å². The monoisotopic (exact) mass is 1040 g/mol. The Morgan fingerprint density at radius 2 is 0.635 bits per heavy atom. The van der Waals surface area contributed by atoms with Gasteiger partial charge in [-0.2, -0.15) is 0 Å². The van der Waals surface area contributed by atoms with Crippen LogP contribution in [0.2, 0.25) is 0 Å². The molecule has 0 aromatic carbocycles. The molecule has 0 aliphatic heterocycles. The predicted octanol–water partition coefficient (Wildman–Crippen LogP) is 21.1. The first kappa shape index (κ1) is 72.1. The number of allylic oxidation sites excluding steroid dienone is 5. The molecule has 0 aliphatic rings. The topological polar surface area (TPSA) is 95.9 Å². The Morgan fingerprint density at radius 3 is 0.973 bits per heavy atom. The predicted molar refractivity (Wildman–Crippen MR) is 324 cm³/mol. The lowest BCUT2D eigenvalue weighted by Crippen LogP contribution is -2.45. The summed E-state index contributed by atoms with van der Waals surface area (Å²) in [6.45, 7) is 4.91. The number of aliphatic hydroxyl groups is 2. The lowest BCUT2D eigenvalue weighted by molar-refractivity contribution is -0.143. The molecule has 2 unspecified atom stereocenters. The van der Waals surface area contributed by atoms with Crippen molar-refractivity contribution >= 4 is 11.9 Å². The first-order valence-electron chi connectivity index (χ1n) is 33.3. The van der Waals surface area contributed by atoms with Crippen molar-refractivity contribution in [3.63, 3.8) is 0 Å². The van der Waals surface area contributed by atoms with Crippen molar-refractivity contribution in [2.24, 2.45) is 0 Å². The second kappa shape index (κ2) is 63.6. The SMILES string of the molecule is CCCCCC/C=C\CCCCCCCC(=O)OCCCCCCCCCCCCCC/C=C\CCCCCCCCCCCCCC(=O)NC(CO)C(O)/C=C/CCCCCCCCCCCCCCCCC. The highest BCUT2D eigenvalue weighted by molar-refractivity contribution is 5.76. The number of ether oxygens (including phenoxy) is 1. The third-order valence-corrected chi connectivity index (χ3v) is 15.4. The Hall–Kier alpha value is -1.92. The van der Waals surface area contributed by atoms with E-state index in [1.807, 2.05) is 6.08 Å². The number of aliphatic hydroxyl groups excluding tert-OH is 2. The van der Waals surface area contributed by atoms with Crippen LogP contribution in [0.15, 0.2) is 36.5 Å². The van der Waals surface area contributed by atoms with Gasteiger partial charge in [0.15, 0.2) is 0 Å². The molecule has 2 atom stereocenters. The van der Waals surface area contributed by atoms with Crippen molar-refractivity contribution < 1.29 is 24.5 Å². The first-order chi connectivity index (χ1) is 36.5. The highest BCUT2D eigenvalue weighted by Gasteiger charge is 2.18. The molecule has 0 aromatic heterocycles. The zero-order valence-electron chi connectivity index (χ0n) is 49.8. The van der Waals surface area contributed by atoms with Gasteiger partial charge in [0.1, 0.15) is 0 Å². The van der Waals surface area contributed by atoms with E-state index >= 15 is 0 Å². The molecule has 0 heterocycles. The molecule has 0 bridgehead atoms. The number of nitrogens with one attached hydrogen (secondary N) is 1. The summed E-state index contributed by atoms with van der Waals surface area (Å²) >= 11 is 0. The van der Waals surface area contributed by atoms with E-state index in [1.165, 1.54) is 289 Å². The first-order valence-corrected chi connectivity index (χ1v) is 33.3. The fourth-order valence-electron chi connectivity index (χ4n) is 10.3. The van der Waals surface area contributed by atoms with Gasteiger partial charge in [-0.1, -0.05) is 301 Å². The number of rotatable bonds is 62. The minimum atomic E-state index is -0.845. The van der Waals surface area contributed by atoms with Crippen molar-refractivity contribution in [2.45, 2.75) is 373 Å². The van der Waals surface area contributed by atoms with Crippen molar-refractivity contribution in [1.82, 2.24) is 5.32 Å². The normalized spacial score (nSPS) is 12.8. The summed E-state index contributed by atoms with van der Waals surface area (Å²) in [5.74, 6) is -0.0610. The number of unbranched alkanes of at least 4 members (excludes halogenated alkanes) is 47. The van der Waals surface area contributed by atoms with Gasteiger partial charge in [0.2, 0.25) is 5.91 Å². The number of amides is 1. The van der Waals surface area contributed by atoms with Crippen LogP contribution >= 0.6 is 0 Å². The molecular formula is C68H129NO5. The molecule has 3 N–H and O–H groups in total. The molecule has 0 radical (unpaired) electrons. The Bertz CT molecular complexity index is 1200. The Balaban J connectivity index is 3.41. The molecule has 0 rings (SSSR count). The van der Waals surface area contributed by atoms with Crippen LogP contribution in [0.25, 0.3) is 0 Å². The minimum Gasteiger partial charge on any atom is -0.466 e. The molecule has 74 heavy (non-hydrogen) atoms. The van der Waals surface area contributed by atoms with Gasteiger partial charge in [0, 0.05) is 12.8 Å². The fourth-order valence-corrected chi connectivity index (χ4v) is 10.3. The average molecular weight is 1040 g/mol. The van der Waals surface area contributed by atoms with Crippen molar-refractivity contribution in [2.75, 3.05) is 13.2 Å². The molecule has 0 saturated carbocycles. The van der Waals surface area contributed by atoms with Gasteiger partial charge in [0.25, 0.3) is 0 Å². The summed E-state index contributed by atoms with van der Waals surface area (Å²) in [6, 6.07) is -0.629. The smallest absolute Gasteiger partial charge is 0.305 e. The molecule has 436 valence electrons. The van der Waals surface area contributed by atoms with Crippen molar-refractivity contribution in [1.29, 1.82) is 0 Å². The van der Waals surface area contributed by atoms with Gasteiger partial charge < -0.3 is 20.3 Å². The average Bonchev–Trinajstić information content (AvgIpc) is 3.40. The quantitative estimate of drug-likeness (QED) is 0.0320. The van der Waals surface area contributed by atoms with Crippen LogP contribution in [0.4, 0.5) is 0 Å². The second-order valence-electron chi connectivity index (χ2n) is 22.8. The van der Waals surface area contributed by atoms with Crippen LogP contribution in [0, 0.1) is 0 Å². The Morgan fingerprint density at radius 1 is 0.365 bits per heavy atom. The number of esters is 1. The van der Waals surface area contributed by atoms with E-state index in [2.05, 4.69) is 43.5 Å². The van der Waals surface area contributed by atoms with Crippen LogP contribution in [0.5, 0.6) is 0 Å². The standard InChI is InChI=1S/C68H129NO5/c1-3-5-7-9-11-13-15-17-18-30-33-37-40-44-48-52-56-60-66(71)65(64-70)69-67(72)61-57-53-49-45-41-38-34-31-28-26-24-22-20-19-21-23-25-27-29-32-35-39-43-47-51-55-59-63-74-68(73)62-58-54-50-46-42-36-16-14-12-10-8-6-4-2/h14,16,19-20,56,60,65-66,70-71H,3-13,15,17-18,21-55,57-59,61-64H2,1-2H3,(H,69,72)/b16-14-,20-19-,60-56+. The Kier molecular flexibility index (Phi) is 62.0. The van der Waals surface area contributed by atoms with Crippen molar-refractivity contribution in [3.8, 4) is 0 Å². The largest absolute Gasteiger partial charge is 0.466 e. The fraction of sp³-hybridized carbons (Fsp3) is 0.882. The number of carbonyl (C=O) groups is 2. The van der Waals surface area contributed by atoms with Gasteiger partial charge in [-0.05, 0) is 83.5 Å². The molecule has 6 heteroatoms. The Labute approximate surface area is 462 Å². The maximum atomic E-state index is 12.5. The molecule has 0 aliphatic carbocycles. The zero-order valence-corrected chi connectivity index (χ0v) is 49.8. The lowest BCUT2D eigenvalue weighted by atomic mass is 10.0. The van der Waals surface area contributed by atoms with E-state index in [0.717, 1.165) is 44.9 Å². The number of hydrogen-bond donors (Lipinski definition) is 3. The van der Waals surface area contributed by atoms with E-state index in [0.29, 0.717) is 19.4 Å². The van der Waals surface area contributed by atoms with Gasteiger partial charge in [-0.25, -0.2) is 0 Å². The van der Waals surface area contributed by atoms with Gasteiger partial charge in [-0.15, -0.1) is 0 Å². The number of carbonyl (C=O) groups excluding carboxylic acids is 2. The van der Waals surface area contributed by atoms with Crippen molar-refractivity contribution in [3.05, 3.63) is 36.5 Å². The van der Waals surface area contributed by atoms with E-state index < -0.39 is 12.1 Å². The third kappa shape index (κ3) is 59.3. The van der Waals surface area contributed by atoms with E-state index in [4.69, 9.17) is 4.74 Å². The summed E-state index contributed by atoms with van der Waals surface area (Å²) in [6.07, 6.45) is 80.6. The van der Waals surface area contributed by atoms with Crippen LogP contribution in [0.3, 0.4) is 0 Å². The summed E-state index contributed by atoms with van der Waals surface area (Å²) in [5, 5.41) is 23.2. The van der Waals surface area contributed by atoms with E-state index in [-0.39, 0.29) is 18.5 Å². The van der Waals surface area contributed by atoms with Crippen LogP contribution in [-0.2, 0) is 14.3 Å². The minimum absolute atomic E-state index is 0.00558. The van der Waals surface area contributed by atoms with Gasteiger partial charge in [0.05, 0.1) is 25.4 Å². The zero-order chi connectivity index (χ0) is 53.6. The second-order valence-corrected chi connectivity index (χ2v) is 22.8. The lowest BCUT2D eigenvalue weighted by Gasteiger charge is -2.20. The summed E-state index contributed by atoms with van der Waals surface area (Å²) < 4.78 is 5.48. The molecule has 0 aromatic rings. The molecule has 1 amide bonds. The highest BCUT2D eigenvalue weighted by atomic mass is 16.5. The van der Waals surface area contributed by atoms with Crippen LogP contribution < -0.4 is 5.32 Å². The molecular weight excluding hydrogens is 911 g/mol. The van der Waals surface area contributed by atoms with Gasteiger partial charge >= 0.3 is 5.97 Å². The maximum Gasteiger partial charge on any atom is 0.305 e. The maximum absolute atomic E-state index is 12.5. The van der Waals surface area contributed by atoms with Gasteiger partial charge in [-0.3, -0.25) is 9.59 Å². The molecule has 0 fully saturated rings.